The van der Waals surface area contributed by atoms with Gasteiger partial charge in [-0.15, -0.1) is 0 Å². The van der Waals surface area contributed by atoms with Crippen LogP contribution in [0.15, 0.2) is 35.2 Å². The van der Waals surface area contributed by atoms with Crippen LogP contribution in [0.4, 0.5) is 0 Å². The first-order valence-corrected chi connectivity index (χ1v) is 7.30. The summed E-state index contributed by atoms with van der Waals surface area (Å²) in [4.78, 5) is 0.220. The van der Waals surface area contributed by atoms with Gasteiger partial charge in [0, 0.05) is 28.1 Å². The lowest BCUT2D eigenvalue weighted by molar-refractivity contribution is 0.602. The minimum atomic E-state index is -3.30. The highest BCUT2D eigenvalue weighted by molar-refractivity contribution is 7.91. The van der Waals surface area contributed by atoms with Crippen molar-refractivity contribution in [1.29, 1.82) is 0 Å². The van der Waals surface area contributed by atoms with Crippen LogP contribution in [-0.4, -0.2) is 14.7 Å². The van der Waals surface area contributed by atoms with Crippen molar-refractivity contribution in [2.45, 2.75) is 4.90 Å². The maximum atomic E-state index is 11.7. The molecule has 0 saturated heterocycles. The summed E-state index contributed by atoms with van der Waals surface area (Å²) in [6, 6.07) is 11.9. The molecule has 85 valence electrons. The molecular weight excluding hydrogens is 256 g/mol. The van der Waals surface area contributed by atoms with E-state index >= 15 is 0 Å². The van der Waals surface area contributed by atoms with Crippen molar-refractivity contribution >= 4 is 43.0 Å². The molecule has 0 amide bonds. The largest absolute Gasteiger partial charge is 0.224 e. The molecule has 2 nitrogen and oxygen atoms in total. The number of fused-ring (bicyclic) bond motifs is 2. The highest BCUT2D eigenvalue weighted by Crippen LogP contribution is 2.37. The molecule has 4 heteroatoms. The first kappa shape index (κ1) is 10.8. The third-order valence-corrected chi connectivity index (χ3v) is 4.26. The van der Waals surface area contributed by atoms with Gasteiger partial charge in [0.15, 0.2) is 9.84 Å². The fraction of sp³-hybridized carbons (Fsp3) is 0.0769. The van der Waals surface area contributed by atoms with Gasteiger partial charge in [-0.05, 0) is 16.8 Å². The van der Waals surface area contributed by atoms with Gasteiger partial charge in [-0.1, -0.05) is 35.9 Å². The third-order valence-electron chi connectivity index (χ3n) is 2.88. The molecule has 0 aliphatic carbocycles. The first-order chi connectivity index (χ1) is 7.98. The van der Waals surface area contributed by atoms with Crippen LogP contribution in [0.1, 0.15) is 0 Å². The molecule has 0 saturated carbocycles. The Kier molecular flexibility index (Phi) is 2.12. The summed E-state index contributed by atoms with van der Waals surface area (Å²) < 4.78 is 23.5. The second-order valence-corrected chi connectivity index (χ2v) is 6.42. The Labute approximate surface area is 104 Å². The summed E-state index contributed by atoms with van der Waals surface area (Å²) in [6.45, 7) is 0. The SMILES string of the molecule is CS(=O)(=O)c1[c]ccc2c3ccc(c(Cl)c3)c12. The van der Waals surface area contributed by atoms with Crippen molar-refractivity contribution in [1.82, 2.24) is 0 Å². The second-order valence-electron chi connectivity index (χ2n) is 4.06. The van der Waals surface area contributed by atoms with Crippen LogP contribution >= 0.6 is 11.6 Å². The van der Waals surface area contributed by atoms with E-state index in [2.05, 4.69) is 6.07 Å². The van der Waals surface area contributed by atoms with E-state index in [1.807, 2.05) is 24.3 Å². The lowest BCUT2D eigenvalue weighted by Gasteiger charge is -2.11. The Morgan fingerprint density at radius 2 is 1.94 bits per heavy atom. The van der Waals surface area contributed by atoms with E-state index in [4.69, 9.17) is 11.6 Å². The van der Waals surface area contributed by atoms with E-state index < -0.39 is 9.84 Å². The standard InChI is InChI=1S/C13H8ClO2S/c1-17(15,16)12-4-2-3-9-8-5-6-10(13(9)12)11(14)7-8/h2-3,5-7H,1H3. The zero-order valence-electron chi connectivity index (χ0n) is 8.99. The van der Waals surface area contributed by atoms with E-state index in [1.54, 1.807) is 6.07 Å². The van der Waals surface area contributed by atoms with Crippen molar-refractivity contribution in [3.05, 3.63) is 41.4 Å². The molecule has 0 spiro atoms. The van der Waals surface area contributed by atoms with Gasteiger partial charge in [0.25, 0.3) is 0 Å². The van der Waals surface area contributed by atoms with E-state index in [0.29, 0.717) is 10.4 Å². The molecular formula is C13H8ClO2S. The van der Waals surface area contributed by atoms with Gasteiger partial charge in [-0.3, -0.25) is 0 Å². The van der Waals surface area contributed by atoms with Crippen molar-refractivity contribution in [3.8, 4) is 0 Å². The fourth-order valence-electron chi connectivity index (χ4n) is 2.16. The van der Waals surface area contributed by atoms with E-state index in [0.717, 1.165) is 16.2 Å². The van der Waals surface area contributed by atoms with Gasteiger partial charge >= 0.3 is 0 Å². The summed E-state index contributed by atoms with van der Waals surface area (Å²) in [5.41, 5.74) is 0. The van der Waals surface area contributed by atoms with E-state index in [9.17, 15) is 8.42 Å². The van der Waals surface area contributed by atoms with Gasteiger partial charge in [-0.2, -0.15) is 0 Å². The number of sulfone groups is 1. The first-order valence-electron chi connectivity index (χ1n) is 5.03. The Morgan fingerprint density at radius 1 is 1.18 bits per heavy atom. The minimum absolute atomic E-state index is 0.220. The average Bonchev–Trinajstić information content (AvgIpc) is 2.28. The molecule has 0 heterocycles. The van der Waals surface area contributed by atoms with Crippen LogP contribution in [0.5, 0.6) is 0 Å². The van der Waals surface area contributed by atoms with E-state index in [-0.39, 0.29) is 4.90 Å². The number of halogens is 1. The van der Waals surface area contributed by atoms with Crippen LogP contribution in [0, 0.1) is 6.07 Å². The number of hydrogen-bond donors (Lipinski definition) is 0. The molecule has 0 aliphatic heterocycles. The summed E-state index contributed by atoms with van der Waals surface area (Å²) >= 11 is 6.11. The fourth-order valence-corrected chi connectivity index (χ4v) is 3.31. The summed E-state index contributed by atoms with van der Waals surface area (Å²) in [5.74, 6) is 0. The molecule has 0 fully saturated rings. The quantitative estimate of drug-likeness (QED) is 0.675. The van der Waals surface area contributed by atoms with Crippen LogP contribution in [0.3, 0.4) is 0 Å². The molecule has 0 N–H and O–H groups in total. The second kappa shape index (κ2) is 3.34. The highest BCUT2D eigenvalue weighted by Gasteiger charge is 2.17. The predicted molar refractivity (Wildman–Crippen MR) is 69.6 cm³/mol. The minimum Gasteiger partial charge on any atom is -0.224 e. The highest BCUT2D eigenvalue weighted by atomic mass is 35.5. The van der Waals surface area contributed by atoms with Crippen LogP contribution in [0.2, 0.25) is 5.02 Å². The van der Waals surface area contributed by atoms with Crippen molar-refractivity contribution in [2.24, 2.45) is 0 Å². The predicted octanol–water partition coefficient (Wildman–Crippen LogP) is 3.29. The molecule has 1 radical (unpaired) electrons. The Balaban J connectivity index is 2.66. The average molecular weight is 264 g/mol. The van der Waals surface area contributed by atoms with Gasteiger partial charge in [0.2, 0.25) is 0 Å². The van der Waals surface area contributed by atoms with Gasteiger partial charge in [0.1, 0.15) is 0 Å². The van der Waals surface area contributed by atoms with Crippen molar-refractivity contribution in [3.63, 3.8) is 0 Å². The molecule has 0 aromatic heterocycles. The Bertz CT molecular complexity index is 822. The lowest BCUT2D eigenvalue weighted by atomic mass is 9.99. The summed E-state index contributed by atoms with van der Waals surface area (Å²) in [5, 5.41) is 3.87. The maximum Gasteiger partial charge on any atom is 0.176 e. The summed E-state index contributed by atoms with van der Waals surface area (Å²) in [7, 11) is -3.30. The molecule has 2 bridgehead atoms. The summed E-state index contributed by atoms with van der Waals surface area (Å²) in [6.07, 6.45) is 1.19. The van der Waals surface area contributed by atoms with Crippen molar-refractivity contribution < 1.29 is 8.42 Å². The van der Waals surface area contributed by atoms with Crippen LogP contribution in [0.25, 0.3) is 21.5 Å². The molecule has 0 unspecified atom stereocenters. The van der Waals surface area contributed by atoms with Crippen LogP contribution < -0.4 is 0 Å². The lowest BCUT2D eigenvalue weighted by Crippen LogP contribution is -1.99. The smallest absolute Gasteiger partial charge is 0.176 e. The number of rotatable bonds is 1. The molecule has 4 aromatic rings. The Morgan fingerprint density at radius 3 is 2.59 bits per heavy atom. The zero-order valence-corrected chi connectivity index (χ0v) is 10.6. The van der Waals surface area contributed by atoms with Gasteiger partial charge in [0.05, 0.1) is 4.90 Å². The molecule has 0 atom stereocenters. The molecule has 4 aromatic carbocycles. The van der Waals surface area contributed by atoms with Crippen molar-refractivity contribution in [2.75, 3.05) is 6.26 Å². The molecule has 4 rings (SSSR count). The van der Waals surface area contributed by atoms with Crippen LogP contribution in [-0.2, 0) is 9.84 Å². The molecule has 0 aliphatic rings. The van der Waals surface area contributed by atoms with Gasteiger partial charge in [-0.25, -0.2) is 8.42 Å². The zero-order chi connectivity index (χ0) is 12.2. The molecule has 17 heavy (non-hydrogen) atoms. The third kappa shape index (κ3) is 1.50. The maximum absolute atomic E-state index is 11.7. The Hall–Kier alpha value is -1.32. The normalized spacial score (nSPS) is 12.6. The monoisotopic (exact) mass is 263 g/mol. The number of hydrogen-bond acceptors (Lipinski definition) is 2. The number of benzene rings is 4. The van der Waals surface area contributed by atoms with E-state index in [1.165, 1.54) is 6.26 Å². The van der Waals surface area contributed by atoms with Gasteiger partial charge < -0.3 is 0 Å². The topological polar surface area (TPSA) is 34.1 Å².